The molecule has 1 aromatic carbocycles. The Bertz CT molecular complexity index is 502. The molecule has 0 aliphatic carbocycles. The van der Waals surface area contributed by atoms with Gasteiger partial charge in [-0.15, -0.1) is 11.6 Å². The lowest BCUT2D eigenvalue weighted by molar-refractivity contribution is 0.523. The second-order valence-corrected chi connectivity index (χ2v) is 5.51. The molecule has 102 valence electrons. The van der Waals surface area contributed by atoms with Crippen molar-refractivity contribution in [3.8, 4) is 0 Å². The molecule has 1 atom stereocenters. The SMILES string of the molecule is Cc1ccc(CC(CCl)CCc2nccn2C)cc1. The van der Waals surface area contributed by atoms with Crippen LogP contribution in [0.25, 0.3) is 0 Å². The Kier molecular flexibility index (Phi) is 5.03. The van der Waals surface area contributed by atoms with Crippen LogP contribution in [0.1, 0.15) is 23.4 Å². The van der Waals surface area contributed by atoms with E-state index in [4.69, 9.17) is 11.6 Å². The average Bonchev–Trinajstić information content (AvgIpc) is 2.82. The first-order chi connectivity index (χ1) is 9.19. The standard InChI is InChI=1S/C16H21ClN2/c1-13-3-5-14(6-4-13)11-15(12-17)7-8-16-18-9-10-19(16)2/h3-6,9-10,15H,7-8,11-12H2,1-2H3. The molecule has 1 heterocycles. The summed E-state index contributed by atoms with van der Waals surface area (Å²) in [6.07, 6.45) is 6.97. The van der Waals surface area contributed by atoms with E-state index >= 15 is 0 Å². The highest BCUT2D eigenvalue weighted by Gasteiger charge is 2.10. The van der Waals surface area contributed by atoms with Crippen molar-refractivity contribution < 1.29 is 0 Å². The number of alkyl halides is 1. The van der Waals surface area contributed by atoms with Gasteiger partial charge in [0.2, 0.25) is 0 Å². The molecule has 0 spiro atoms. The van der Waals surface area contributed by atoms with E-state index in [9.17, 15) is 0 Å². The molecule has 0 aliphatic rings. The van der Waals surface area contributed by atoms with Crippen molar-refractivity contribution in [3.63, 3.8) is 0 Å². The van der Waals surface area contributed by atoms with Crippen LogP contribution in [0, 0.1) is 12.8 Å². The first-order valence-corrected chi connectivity index (χ1v) is 7.30. The van der Waals surface area contributed by atoms with Crippen LogP contribution in [-0.2, 0) is 19.9 Å². The molecule has 0 saturated carbocycles. The topological polar surface area (TPSA) is 17.8 Å². The van der Waals surface area contributed by atoms with Gasteiger partial charge < -0.3 is 4.57 Å². The monoisotopic (exact) mass is 276 g/mol. The van der Waals surface area contributed by atoms with Crippen LogP contribution in [0.3, 0.4) is 0 Å². The van der Waals surface area contributed by atoms with Gasteiger partial charge in [-0.05, 0) is 31.2 Å². The van der Waals surface area contributed by atoms with E-state index in [-0.39, 0.29) is 0 Å². The molecule has 2 rings (SSSR count). The summed E-state index contributed by atoms with van der Waals surface area (Å²) in [4.78, 5) is 4.36. The number of halogens is 1. The zero-order chi connectivity index (χ0) is 13.7. The Labute approximate surface area is 120 Å². The minimum absolute atomic E-state index is 0.515. The number of nitrogens with zero attached hydrogens (tertiary/aromatic N) is 2. The van der Waals surface area contributed by atoms with Crippen LogP contribution in [0.5, 0.6) is 0 Å². The molecule has 2 nitrogen and oxygen atoms in total. The third kappa shape index (κ3) is 4.10. The van der Waals surface area contributed by atoms with Gasteiger partial charge >= 0.3 is 0 Å². The Morgan fingerprint density at radius 1 is 1.26 bits per heavy atom. The molecule has 0 N–H and O–H groups in total. The number of rotatable bonds is 6. The second-order valence-electron chi connectivity index (χ2n) is 5.20. The quantitative estimate of drug-likeness (QED) is 0.735. The summed E-state index contributed by atoms with van der Waals surface area (Å²) in [5, 5.41) is 0. The normalized spacial score (nSPS) is 12.6. The van der Waals surface area contributed by atoms with E-state index in [1.165, 1.54) is 11.1 Å². The fourth-order valence-electron chi connectivity index (χ4n) is 2.26. The summed E-state index contributed by atoms with van der Waals surface area (Å²) < 4.78 is 2.08. The summed E-state index contributed by atoms with van der Waals surface area (Å²) in [5.41, 5.74) is 2.68. The van der Waals surface area contributed by atoms with Crippen molar-refractivity contribution in [1.29, 1.82) is 0 Å². The van der Waals surface area contributed by atoms with Crippen molar-refractivity contribution in [1.82, 2.24) is 9.55 Å². The average molecular weight is 277 g/mol. The van der Waals surface area contributed by atoms with Gasteiger partial charge in [0.1, 0.15) is 5.82 Å². The van der Waals surface area contributed by atoms with Gasteiger partial charge in [0.25, 0.3) is 0 Å². The Morgan fingerprint density at radius 3 is 2.58 bits per heavy atom. The lowest BCUT2D eigenvalue weighted by Crippen LogP contribution is -2.10. The van der Waals surface area contributed by atoms with Gasteiger partial charge in [0, 0.05) is 31.7 Å². The fourth-order valence-corrected chi connectivity index (χ4v) is 2.53. The molecule has 0 amide bonds. The van der Waals surface area contributed by atoms with Crippen molar-refractivity contribution in [2.75, 3.05) is 5.88 Å². The van der Waals surface area contributed by atoms with Crippen molar-refractivity contribution >= 4 is 11.6 Å². The van der Waals surface area contributed by atoms with E-state index < -0.39 is 0 Å². The van der Waals surface area contributed by atoms with Crippen molar-refractivity contribution in [2.45, 2.75) is 26.2 Å². The zero-order valence-corrected chi connectivity index (χ0v) is 12.4. The molecule has 0 bridgehead atoms. The maximum Gasteiger partial charge on any atom is 0.108 e. The first-order valence-electron chi connectivity index (χ1n) is 6.76. The van der Waals surface area contributed by atoms with E-state index in [0.717, 1.165) is 25.1 Å². The van der Waals surface area contributed by atoms with Gasteiger partial charge in [0.15, 0.2) is 0 Å². The molecule has 2 aromatic rings. The third-order valence-electron chi connectivity index (χ3n) is 3.56. The van der Waals surface area contributed by atoms with Crippen molar-refractivity contribution in [3.05, 3.63) is 53.6 Å². The van der Waals surface area contributed by atoms with E-state index in [0.29, 0.717) is 11.8 Å². The van der Waals surface area contributed by atoms with Crippen LogP contribution < -0.4 is 0 Å². The second kappa shape index (κ2) is 6.76. The predicted octanol–water partition coefficient (Wildman–Crippen LogP) is 3.76. The molecular formula is C16H21ClN2. The Morgan fingerprint density at radius 2 is 2.00 bits per heavy atom. The van der Waals surface area contributed by atoms with Gasteiger partial charge in [0.05, 0.1) is 0 Å². The zero-order valence-electron chi connectivity index (χ0n) is 11.6. The fraction of sp³-hybridized carbons (Fsp3) is 0.438. The highest BCUT2D eigenvalue weighted by atomic mass is 35.5. The number of aromatic nitrogens is 2. The van der Waals surface area contributed by atoms with E-state index in [1.807, 2.05) is 19.4 Å². The molecule has 0 radical (unpaired) electrons. The molecule has 19 heavy (non-hydrogen) atoms. The van der Waals surface area contributed by atoms with Crippen LogP contribution in [0.2, 0.25) is 0 Å². The summed E-state index contributed by atoms with van der Waals surface area (Å²) in [7, 11) is 2.04. The van der Waals surface area contributed by atoms with Crippen LogP contribution >= 0.6 is 11.6 Å². The van der Waals surface area contributed by atoms with Gasteiger partial charge in [-0.25, -0.2) is 4.98 Å². The number of hydrogen-bond donors (Lipinski definition) is 0. The number of benzene rings is 1. The minimum atomic E-state index is 0.515. The van der Waals surface area contributed by atoms with Crippen LogP contribution in [0.15, 0.2) is 36.7 Å². The molecule has 1 unspecified atom stereocenters. The van der Waals surface area contributed by atoms with Crippen molar-refractivity contribution in [2.24, 2.45) is 13.0 Å². The molecule has 0 saturated heterocycles. The Balaban J connectivity index is 1.90. The van der Waals surface area contributed by atoms with Gasteiger partial charge in [-0.2, -0.15) is 0 Å². The lowest BCUT2D eigenvalue weighted by Gasteiger charge is -2.14. The summed E-state index contributed by atoms with van der Waals surface area (Å²) in [6, 6.07) is 8.74. The van der Waals surface area contributed by atoms with E-state index in [2.05, 4.69) is 40.7 Å². The molecule has 0 fully saturated rings. The number of aryl methyl sites for hydroxylation is 3. The van der Waals surface area contributed by atoms with Crippen LogP contribution in [0.4, 0.5) is 0 Å². The molecular weight excluding hydrogens is 256 g/mol. The maximum atomic E-state index is 6.10. The lowest BCUT2D eigenvalue weighted by atomic mass is 9.96. The minimum Gasteiger partial charge on any atom is -0.338 e. The van der Waals surface area contributed by atoms with Gasteiger partial charge in [-0.3, -0.25) is 0 Å². The Hall–Kier alpha value is -1.28. The number of hydrogen-bond acceptors (Lipinski definition) is 1. The predicted molar refractivity (Wildman–Crippen MR) is 80.6 cm³/mol. The van der Waals surface area contributed by atoms with Gasteiger partial charge in [-0.1, -0.05) is 29.8 Å². The summed E-state index contributed by atoms with van der Waals surface area (Å²) in [6.45, 7) is 2.11. The summed E-state index contributed by atoms with van der Waals surface area (Å²) in [5.74, 6) is 2.36. The van der Waals surface area contributed by atoms with Crippen LogP contribution in [-0.4, -0.2) is 15.4 Å². The largest absolute Gasteiger partial charge is 0.338 e. The highest BCUT2D eigenvalue weighted by Crippen LogP contribution is 2.17. The molecule has 1 aromatic heterocycles. The first kappa shape index (κ1) is 14.1. The summed E-state index contributed by atoms with van der Waals surface area (Å²) >= 11 is 6.10. The smallest absolute Gasteiger partial charge is 0.108 e. The highest BCUT2D eigenvalue weighted by molar-refractivity contribution is 6.18. The van der Waals surface area contributed by atoms with E-state index in [1.54, 1.807) is 0 Å². The molecule has 0 aliphatic heterocycles. The number of imidazole rings is 1. The maximum absolute atomic E-state index is 6.10. The molecule has 3 heteroatoms. The third-order valence-corrected chi connectivity index (χ3v) is 4.00.